The molecule has 5 nitrogen and oxygen atoms in total. The van der Waals surface area contributed by atoms with Gasteiger partial charge >= 0.3 is 5.97 Å². The van der Waals surface area contributed by atoms with Crippen LogP contribution < -0.4 is 0 Å². The van der Waals surface area contributed by atoms with Gasteiger partial charge in [0, 0.05) is 17.7 Å². The minimum atomic E-state index is -0.955. The average Bonchev–Trinajstić information content (AvgIpc) is 3.12. The molecule has 174 valence electrons. The van der Waals surface area contributed by atoms with Crippen molar-refractivity contribution < 1.29 is 23.4 Å². The number of halogens is 2. The van der Waals surface area contributed by atoms with E-state index in [9.17, 15) is 13.6 Å². The maximum Gasteiger partial charge on any atom is 0.329 e. The molecule has 4 rings (SSSR count). The second kappa shape index (κ2) is 10.3. The molecule has 1 aliphatic rings. The first-order chi connectivity index (χ1) is 15.9. The summed E-state index contributed by atoms with van der Waals surface area (Å²) in [6, 6.07) is 13.9. The number of ether oxygens (including phenoxy) is 1. The summed E-state index contributed by atoms with van der Waals surface area (Å²) in [5.41, 5.74) is 3.32. The highest BCUT2D eigenvalue weighted by Crippen LogP contribution is 2.38. The van der Waals surface area contributed by atoms with Crippen LogP contribution in [0.3, 0.4) is 0 Å². The van der Waals surface area contributed by atoms with Gasteiger partial charge in [0.1, 0.15) is 6.61 Å². The number of carboxylic acid groups (broad SMARTS) is 1. The van der Waals surface area contributed by atoms with E-state index in [1.165, 1.54) is 6.07 Å². The van der Waals surface area contributed by atoms with Gasteiger partial charge in [-0.1, -0.05) is 36.4 Å². The largest absolute Gasteiger partial charge is 0.480 e. The van der Waals surface area contributed by atoms with Gasteiger partial charge in [0.2, 0.25) is 0 Å². The molecule has 0 spiro atoms. The Morgan fingerprint density at radius 1 is 1.06 bits per heavy atom. The summed E-state index contributed by atoms with van der Waals surface area (Å²) in [6.45, 7) is 2.70. The predicted molar refractivity (Wildman–Crippen MR) is 122 cm³/mol. The molecule has 1 saturated carbocycles. The number of carbonyl (C=O) groups is 1. The summed E-state index contributed by atoms with van der Waals surface area (Å²) < 4.78 is 36.1. The molecular weight excluding hydrogens is 426 g/mol. The zero-order chi connectivity index (χ0) is 23.4. The van der Waals surface area contributed by atoms with Gasteiger partial charge in [0.25, 0.3) is 0 Å². The molecule has 1 aromatic heterocycles. The molecule has 3 aromatic rings. The maximum atomic E-state index is 14.9. The lowest BCUT2D eigenvalue weighted by Crippen LogP contribution is -2.23. The Kier molecular flexibility index (Phi) is 7.18. The summed E-state index contributed by atoms with van der Waals surface area (Å²) in [5.74, 6) is -2.00. The average molecular weight is 455 g/mol. The van der Waals surface area contributed by atoms with Crippen molar-refractivity contribution >= 4 is 5.97 Å². The molecule has 1 fully saturated rings. The topological polar surface area (TPSA) is 64.4 Å². The molecule has 1 heterocycles. The molecule has 0 radical (unpaired) electrons. The van der Waals surface area contributed by atoms with Crippen molar-refractivity contribution in [1.29, 1.82) is 0 Å². The standard InChI is InChI=1S/C26H28F2N2O3/c1-17-24(20-6-3-2-4-7-20)26(21-8-5-9-22(27)25(21)28)30(29-17)14-18-10-12-19(13-11-18)15-33-16-23(31)32/h2-9,18-19H,10-16H2,1H3,(H,31,32)/t18-,19-. The maximum absolute atomic E-state index is 14.9. The van der Waals surface area contributed by atoms with Gasteiger partial charge in [-0.25, -0.2) is 13.6 Å². The Morgan fingerprint density at radius 3 is 2.45 bits per heavy atom. The molecule has 33 heavy (non-hydrogen) atoms. The van der Waals surface area contributed by atoms with E-state index in [-0.39, 0.29) is 12.2 Å². The quantitative estimate of drug-likeness (QED) is 0.473. The van der Waals surface area contributed by atoms with Crippen molar-refractivity contribution in [2.45, 2.75) is 39.2 Å². The lowest BCUT2D eigenvalue weighted by atomic mass is 9.82. The summed E-state index contributed by atoms with van der Waals surface area (Å²) >= 11 is 0. The molecule has 1 aliphatic carbocycles. The van der Waals surface area contributed by atoms with Crippen molar-refractivity contribution in [2.24, 2.45) is 11.8 Å². The van der Waals surface area contributed by atoms with Crippen LogP contribution in [0.2, 0.25) is 0 Å². The van der Waals surface area contributed by atoms with Crippen LogP contribution in [-0.4, -0.2) is 34.1 Å². The monoisotopic (exact) mass is 454 g/mol. The molecule has 0 aliphatic heterocycles. The summed E-state index contributed by atoms with van der Waals surface area (Å²) in [6.07, 6.45) is 3.79. The SMILES string of the molecule is Cc1nn(C[C@H]2CC[C@H](COCC(=O)O)CC2)c(-c2cccc(F)c2F)c1-c1ccccc1. The van der Waals surface area contributed by atoms with E-state index in [0.717, 1.165) is 48.6 Å². The van der Waals surface area contributed by atoms with E-state index in [0.29, 0.717) is 30.7 Å². The van der Waals surface area contributed by atoms with Crippen LogP contribution in [-0.2, 0) is 16.1 Å². The van der Waals surface area contributed by atoms with Gasteiger partial charge in [-0.15, -0.1) is 0 Å². The number of carboxylic acids is 1. The fourth-order valence-corrected chi connectivity index (χ4v) is 4.76. The minimum absolute atomic E-state index is 0.213. The number of aromatic nitrogens is 2. The number of aliphatic carboxylic acids is 1. The first-order valence-corrected chi connectivity index (χ1v) is 11.3. The zero-order valence-corrected chi connectivity index (χ0v) is 18.6. The summed E-state index contributed by atoms with van der Waals surface area (Å²) in [4.78, 5) is 10.6. The number of hydrogen-bond donors (Lipinski definition) is 1. The van der Waals surface area contributed by atoms with Crippen molar-refractivity contribution in [2.75, 3.05) is 13.2 Å². The molecule has 0 saturated heterocycles. The summed E-state index contributed by atoms with van der Waals surface area (Å²) in [7, 11) is 0. The van der Waals surface area contributed by atoms with Crippen LogP contribution in [0, 0.1) is 30.4 Å². The van der Waals surface area contributed by atoms with E-state index < -0.39 is 17.6 Å². The van der Waals surface area contributed by atoms with Crippen LogP contribution in [0.4, 0.5) is 8.78 Å². The van der Waals surface area contributed by atoms with Crippen molar-refractivity contribution in [1.82, 2.24) is 9.78 Å². The molecule has 1 N–H and O–H groups in total. The number of nitrogens with zero attached hydrogens (tertiary/aromatic N) is 2. The van der Waals surface area contributed by atoms with Crippen LogP contribution in [0.1, 0.15) is 31.4 Å². The lowest BCUT2D eigenvalue weighted by Gasteiger charge is -2.28. The van der Waals surface area contributed by atoms with Crippen LogP contribution in [0.5, 0.6) is 0 Å². The van der Waals surface area contributed by atoms with Crippen molar-refractivity contribution in [3.05, 3.63) is 65.9 Å². The molecule has 2 aromatic carbocycles. The fraction of sp³-hybridized carbons (Fsp3) is 0.385. The van der Waals surface area contributed by atoms with Gasteiger partial charge in [0.05, 0.1) is 18.0 Å². The van der Waals surface area contributed by atoms with Crippen molar-refractivity contribution in [3.63, 3.8) is 0 Å². The highest BCUT2D eigenvalue weighted by Gasteiger charge is 2.26. The first-order valence-electron chi connectivity index (χ1n) is 11.3. The molecule has 0 atom stereocenters. The van der Waals surface area contributed by atoms with Crippen LogP contribution >= 0.6 is 0 Å². The van der Waals surface area contributed by atoms with Crippen LogP contribution in [0.25, 0.3) is 22.4 Å². The number of benzene rings is 2. The third-order valence-corrected chi connectivity index (χ3v) is 6.37. The van der Waals surface area contributed by atoms with E-state index in [1.54, 1.807) is 6.07 Å². The van der Waals surface area contributed by atoms with Crippen molar-refractivity contribution in [3.8, 4) is 22.4 Å². The third-order valence-electron chi connectivity index (χ3n) is 6.37. The van der Waals surface area contributed by atoms with Gasteiger partial charge in [0.15, 0.2) is 11.6 Å². The normalized spacial score (nSPS) is 18.4. The zero-order valence-electron chi connectivity index (χ0n) is 18.6. The number of rotatable bonds is 8. The number of aryl methyl sites for hydroxylation is 1. The van der Waals surface area contributed by atoms with E-state index >= 15 is 0 Å². The molecular formula is C26H28F2N2O3. The Labute approximate surface area is 192 Å². The van der Waals surface area contributed by atoms with Crippen LogP contribution in [0.15, 0.2) is 48.5 Å². The van der Waals surface area contributed by atoms with E-state index in [4.69, 9.17) is 14.9 Å². The van der Waals surface area contributed by atoms with E-state index in [1.807, 2.05) is 41.9 Å². The lowest BCUT2D eigenvalue weighted by molar-refractivity contribution is -0.142. The summed E-state index contributed by atoms with van der Waals surface area (Å²) in [5, 5.41) is 13.5. The Morgan fingerprint density at radius 2 is 1.76 bits per heavy atom. The predicted octanol–water partition coefficient (Wildman–Crippen LogP) is 5.71. The second-order valence-electron chi connectivity index (χ2n) is 8.75. The highest BCUT2D eigenvalue weighted by atomic mass is 19.2. The smallest absolute Gasteiger partial charge is 0.329 e. The van der Waals surface area contributed by atoms with E-state index in [2.05, 4.69) is 0 Å². The Hall–Kier alpha value is -3.06. The number of hydrogen-bond acceptors (Lipinski definition) is 3. The Bertz CT molecular complexity index is 1110. The third kappa shape index (κ3) is 5.30. The van der Waals surface area contributed by atoms with Gasteiger partial charge in [-0.2, -0.15) is 5.10 Å². The molecule has 0 bridgehead atoms. The highest BCUT2D eigenvalue weighted by molar-refractivity contribution is 5.83. The molecule has 7 heteroatoms. The Balaban J connectivity index is 1.59. The fourth-order valence-electron chi connectivity index (χ4n) is 4.76. The minimum Gasteiger partial charge on any atom is -0.480 e. The van der Waals surface area contributed by atoms with Gasteiger partial charge in [-0.3, -0.25) is 4.68 Å². The van der Waals surface area contributed by atoms with Gasteiger partial charge < -0.3 is 9.84 Å². The second-order valence-corrected chi connectivity index (χ2v) is 8.75. The first kappa shape index (κ1) is 23.1. The van der Waals surface area contributed by atoms with Gasteiger partial charge in [-0.05, 0) is 62.1 Å². The molecule has 0 amide bonds. The molecule has 0 unspecified atom stereocenters.